The second kappa shape index (κ2) is 4.44. The number of hydrogen-bond donors (Lipinski definition) is 1. The summed E-state index contributed by atoms with van der Waals surface area (Å²) in [6.07, 6.45) is 0. The molecule has 0 atom stereocenters. The molecule has 0 aliphatic carbocycles. The van der Waals surface area contributed by atoms with Crippen LogP contribution < -0.4 is 10.5 Å². The van der Waals surface area contributed by atoms with E-state index in [2.05, 4.69) is 10.2 Å². The second-order valence-electron chi connectivity index (χ2n) is 4.02. The van der Waals surface area contributed by atoms with Crippen molar-refractivity contribution >= 4 is 22.9 Å². The van der Waals surface area contributed by atoms with E-state index in [4.69, 9.17) is 22.1 Å². The highest BCUT2D eigenvalue weighted by molar-refractivity contribution is 6.30. The zero-order chi connectivity index (χ0) is 13.4. The molecule has 0 aliphatic heterocycles. The van der Waals surface area contributed by atoms with Crippen LogP contribution in [0.4, 0.5) is 5.69 Å². The Kier molecular flexibility index (Phi) is 2.76. The smallest absolute Gasteiger partial charge is 0.185 e. The minimum Gasteiger partial charge on any atom is -0.497 e. The number of nitrogens with two attached hydrogens (primary N) is 1. The van der Waals surface area contributed by atoms with Gasteiger partial charge in [0.05, 0.1) is 12.8 Å². The third-order valence-corrected chi connectivity index (χ3v) is 3.18. The number of nitrogens with zero attached hydrogens (tertiary/aromatic N) is 3. The highest BCUT2D eigenvalue weighted by atomic mass is 35.5. The molecule has 2 heterocycles. The summed E-state index contributed by atoms with van der Waals surface area (Å²) >= 11 is 6.19. The summed E-state index contributed by atoms with van der Waals surface area (Å²) in [6, 6.07) is 10.9. The number of benzene rings is 1. The summed E-state index contributed by atoms with van der Waals surface area (Å²) in [5, 5.41) is 8.73. The summed E-state index contributed by atoms with van der Waals surface area (Å²) in [7, 11) is 1.62. The molecular formula is C13H11ClN4O. The van der Waals surface area contributed by atoms with Gasteiger partial charge in [-0.2, -0.15) is 0 Å². The van der Waals surface area contributed by atoms with Crippen molar-refractivity contribution in [3.8, 4) is 17.1 Å². The molecular weight excluding hydrogens is 264 g/mol. The number of anilines is 1. The van der Waals surface area contributed by atoms with Crippen LogP contribution >= 0.6 is 11.6 Å². The molecule has 2 aromatic heterocycles. The van der Waals surface area contributed by atoms with Gasteiger partial charge < -0.3 is 10.5 Å². The first kappa shape index (κ1) is 11.8. The summed E-state index contributed by atoms with van der Waals surface area (Å²) in [6.45, 7) is 0. The summed E-state index contributed by atoms with van der Waals surface area (Å²) < 4.78 is 6.85. The predicted molar refractivity (Wildman–Crippen MR) is 74.4 cm³/mol. The van der Waals surface area contributed by atoms with E-state index in [0.29, 0.717) is 22.3 Å². The minimum atomic E-state index is 0.514. The van der Waals surface area contributed by atoms with Crippen LogP contribution in [0.5, 0.6) is 5.75 Å². The summed E-state index contributed by atoms with van der Waals surface area (Å²) in [5.41, 5.74) is 7.84. The van der Waals surface area contributed by atoms with Crippen LogP contribution in [0.3, 0.4) is 0 Å². The van der Waals surface area contributed by atoms with Crippen LogP contribution in [0.1, 0.15) is 0 Å². The number of pyridine rings is 1. The van der Waals surface area contributed by atoms with Gasteiger partial charge in [-0.25, -0.2) is 0 Å². The van der Waals surface area contributed by atoms with E-state index in [0.717, 1.165) is 11.3 Å². The lowest BCUT2D eigenvalue weighted by atomic mass is 10.2. The average molecular weight is 275 g/mol. The first-order valence-corrected chi connectivity index (χ1v) is 6.02. The third-order valence-electron chi connectivity index (χ3n) is 2.88. The van der Waals surface area contributed by atoms with E-state index in [1.807, 2.05) is 24.3 Å². The molecule has 0 amide bonds. The number of hydrogen-bond acceptors (Lipinski definition) is 4. The molecule has 6 heteroatoms. The molecule has 0 radical (unpaired) electrons. The lowest BCUT2D eigenvalue weighted by Gasteiger charge is -2.04. The monoisotopic (exact) mass is 274 g/mol. The molecule has 19 heavy (non-hydrogen) atoms. The van der Waals surface area contributed by atoms with Gasteiger partial charge in [-0.1, -0.05) is 11.6 Å². The first-order chi connectivity index (χ1) is 9.20. The van der Waals surface area contributed by atoms with Gasteiger partial charge in [0.2, 0.25) is 0 Å². The van der Waals surface area contributed by atoms with Crippen LogP contribution in [0.2, 0.25) is 5.15 Å². The van der Waals surface area contributed by atoms with Crippen molar-refractivity contribution in [2.45, 2.75) is 0 Å². The zero-order valence-corrected chi connectivity index (χ0v) is 10.9. The van der Waals surface area contributed by atoms with Crippen molar-refractivity contribution in [3.05, 3.63) is 41.6 Å². The van der Waals surface area contributed by atoms with Crippen LogP contribution in [0.15, 0.2) is 36.4 Å². The Morgan fingerprint density at radius 1 is 1.11 bits per heavy atom. The number of fused-ring (bicyclic) bond motifs is 1. The van der Waals surface area contributed by atoms with Gasteiger partial charge >= 0.3 is 0 Å². The molecule has 0 aliphatic rings. The quantitative estimate of drug-likeness (QED) is 0.730. The fraction of sp³-hybridized carbons (Fsp3) is 0.0769. The third kappa shape index (κ3) is 1.88. The molecule has 2 N–H and O–H groups in total. The Morgan fingerprint density at radius 3 is 2.53 bits per heavy atom. The maximum atomic E-state index is 6.19. The van der Waals surface area contributed by atoms with E-state index >= 15 is 0 Å². The average Bonchev–Trinajstić information content (AvgIpc) is 2.89. The maximum Gasteiger partial charge on any atom is 0.185 e. The molecule has 0 fully saturated rings. The van der Waals surface area contributed by atoms with Crippen LogP contribution in [0.25, 0.3) is 17.0 Å². The van der Waals surface area contributed by atoms with Gasteiger partial charge in [0.25, 0.3) is 0 Å². The van der Waals surface area contributed by atoms with Crippen molar-refractivity contribution in [1.29, 1.82) is 0 Å². The largest absolute Gasteiger partial charge is 0.497 e. The molecule has 1 aromatic carbocycles. The maximum absolute atomic E-state index is 6.19. The Morgan fingerprint density at radius 2 is 1.84 bits per heavy atom. The van der Waals surface area contributed by atoms with Crippen molar-refractivity contribution in [2.75, 3.05) is 12.8 Å². The van der Waals surface area contributed by atoms with E-state index < -0.39 is 0 Å². The zero-order valence-electron chi connectivity index (χ0n) is 10.2. The lowest BCUT2D eigenvalue weighted by molar-refractivity contribution is 0.415. The number of ether oxygens (including phenoxy) is 1. The Balaban J connectivity index is 2.22. The highest BCUT2D eigenvalue weighted by Crippen LogP contribution is 2.26. The van der Waals surface area contributed by atoms with Crippen molar-refractivity contribution in [2.24, 2.45) is 0 Å². The SMILES string of the molecule is COc1ccc(-c2nnc3c(N)ccc(Cl)n23)cc1. The molecule has 3 aromatic rings. The van der Waals surface area contributed by atoms with Crippen molar-refractivity contribution in [1.82, 2.24) is 14.6 Å². The van der Waals surface area contributed by atoms with Gasteiger partial charge in [-0.3, -0.25) is 4.40 Å². The number of methoxy groups -OCH3 is 1. The predicted octanol–water partition coefficient (Wildman–Crippen LogP) is 2.64. The van der Waals surface area contributed by atoms with E-state index in [9.17, 15) is 0 Å². The highest BCUT2D eigenvalue weighted by Gasteiger charge is 2.12. The normalized spacial score (nSPS) is 10.8. The molecule has 0 spiro atoms. The number of halogens is 1. The minimum absolute atomic E-state index is 0.514. The molecule has 0 saturated heterocycles. The van der Waals surface area contributed by atoms with E-state index in [-0.39, 0.29) is 0 Å². The Hall–Kier alpha value is -2.27. The van der Waals surface area contributed by atoms with Gasteiger partial charge in [0, 0.05) is 5.56 Å². The van der Waals surface area contributed by atoms with Gasteiger partial charge in [-0.05, 0) is 36.4 Å². The number of nitrogen functional groups attached to an aromatic ring is 1. The summed E-state index contributed by atoms with van der Waals surface area (Å²) in [5.74, 6) is 1.43. The Labute approximate surface area is 114 Å². The molecule has 0 bridgehead atoms. The molecule has 5 nitrogen and oxygen atoms in total. The number of rotatable bonds is 2. The molecule has 0 unspecified atom stereocenters. The molecule has 0 saturated carbocycles. The van der Waals surface area contributed by atoms with E-state index in [1.54, 1.807) is 23.6 Å². The topological polar surface area (TPSA) is 65.4 Å². The first-order valence-electron chi connectivity index (χ1n) is 5.64. The van der Waals surface area contributed by atoms with Crippen molar-refractivity contribution in [3.63, 3.8) is 0 Å². The van der Waals surface area contributed by atoms with Crippen molar-refractivity contribution < 1.29 is 4.74 Å². The van der Waals surface area contributed by atoms with E-state index in [1.165, 1.54) is 0 Å². The summed E-state index contributed by atoms with van der Waals surface area (Å²) in [4.78, 5) is 0. The Bertz CT molecular complexity index is 736. The fourth-order valence-corrected chi connectivity index (χ4v) is 2.13. The van der Waals surface area contributed by atoms with Crippen LogP contribution in [0, 0.1) is 0 Å². The molecule has 3 rings (SSSR count). The van der Waals surface area contributed by atoms with Gasteiger partial charge in [-0.15, -0.1) is 10.2 Å². The van der Waals surface area contributed by atoms with Crippen LogP contribution in [-0.2, 0) is 0 Å². The number of aromatic nitrogens is 3. The standard InChI is InChI=1S/C13H11ClN4O/c1-19-9-4-2-8(3-5-9)12-16-17-13-10(15)6-7-11(14)18(12)13/h2-7H,15H2,1H3. The second-order valence-corrected chi connectivity index (χ2v) is 4.41. The van der Waals surface area contributed by atoms with Gasteiger partial charge in [0.15, 0.2) is 11.5 Å². The molecule has 96 valence electrons. The van der Waals surface area contributed by atoms with Crippen LogP contribution in [-0.4, -0.2) is 21.7 Å². The fourth-order valence-electron chi connectivity index (χ4n) is 1.91. The lowest BCUT2D eigenvalue weighted by Crippen LogP contribution is -1.95. The van der Waals surface area contributed by atoms with Gasteiger partial charge in [0.1, 0.15) is 10.9 Å².